The fourth-order valence-electron chi connectivity index (χ4n) is 8.32. The largest absolute Gasteiger partial charge is 0.415 e. The molecule has 2 spiro atoms. The van der Waals surface area contributed by atoms with Gasteiger partial charge >= 0.3 is 6.09 Å². The zero-order valence-electron chi connectivity index (χ0n) is 20.5. The molecule has 5 aliphatic carbocycles. The number of carbonyl (C=O) groups excluding carboxylic acids is 1. The highest BCUT2D eigenvalue weighted by Gasteiger charge is 2.67. The molecule has 2 aliphatic heterocycles. The number of nitrogens with zero attached hydrogens (tertiary/aromatic N) is 1. The van der Waals surface area contributed by atoms with Crippen LogP contribution in [0.25, 0.3) is 0 Å². The van der Waals surface area contributed by atoms with Crippen LogP contribution < -0.4 is 10.5 Å². The van der Waals surface area contributed by atoms with E-state index < -0.39 is 11.6 Å². The number of likely N-dealkylation sites (tertiary alicyclic amines) is 1. The van der Waals surface area contributed by atoms with Crippen LogP contribution in [-0.2, 0) is 14.5 Å². The van der Waals surface area contributed by atoms with Crippen molar-refractivity contribution < 1.29 is 24.0 Å². The molecule has 7 aliphatic rings. The third-order valence-electron chi connectivity index (χ3n) is 9.97. The van der Waals surface area contributed by atoms with Gasteiger partial charge in [0.2, 0.25) is 11.6 Å². The van der Waals surface area contributed by atoms with Crippen molar-refractivity contribution in [1.82, 2.24) is 4.90 Å². The Morgan fingerprint density at radius 2 is 1.63 bits per heavy atom. The molecule has 1 amide bonds. The molecule has 1 aromatic carbocycles. The zero-order valence-corrected chi connectivity index (χ0v) is 20.5. The average Bonchev–Trinajstić information content (AvgIpc) is 3.22. The molecule has 0 unspecified atom stereocenters. The Balaban J connectivity index is 1.01. The van der Waals surface area contributed by atoms with E-state index in [1.54, 1.807) is 4.90 Å². The van der Waals surface area contributed by atoms with Crippen LogP contribution in [0.15, 0.2) is 24.3 Å². The lowest BCUT2D eigenvalue weighted by Crippen LogP contribution is -2.59. The minimum atomic E-state index is -0.626. The molecule has 2 N–H and O–H groups in total. The Morgan fingerprint density at radius 3 is 2.31 bits per heavy atom. The van der Waals surface area contributed by atoms with Crippen molar-refractivity contribution in [2.24, 2.45) is 29.4 Å². The van der Waals surface area contributed by atoms with Gasteiger partial charge in [0.05, 0.1) is 0 Å². The summed E-state index contributed by atoms with van der Waals surface area (Å²) < 4.78 is 12.6. The first kappa shape index (κ1) is 22.5. The van der Waals surface area contributed by atoms with Crippen LogP contribution in [0.2, 0.25) is 0 Å². The van der Waals surface area contributed by atoms with E-state index in [-0.39, 0.29) is 12.1 Å². The van der Waals surface area contributed by atoms with Crippen LogP contribution in [0.1, 0.15) is 82.1 Å². The highest BCUT2D eigenvalue weighted by Crippen LogP contribution is 2.64. The maximum absolute atomic E-state index is 12.5. The van der Waals surface area contributed by atoms with Gasteiger partial charge in [-0.15, -0.1) is 0 Å². The first-order valence-corrected chi connectivity index (χ1v) is 13.9. The number of nitrogens with two attached hydrogens (primary N) is 1. The Bertz CT molecular complexity index is 931. The number of amides is 1. The normalized spacial score (nSPS) is 42.8. The van der Waals surface area contributed by atoms with Crippen LogP contribution in [0, 0.1) is 23.7 Å². The van der Waals surface area contributed by atoms with Gasteiger partial charge in [-0.1, -0.05) is 12.1 Å². The molecule has 5 saturated carbocycles. The number of ether oxygens (including phenoxy) is 2. The molecule has 7 fully saturated rings. The SMILES string of the molecule is NC1CCN(C(=O)Oc2ccc([C@@H]3CCC[C@]4(C3)OOC3(O4)C4CC5CC(C4)CC3C5)cc2)CC1. The van der Waals surface area contributed by atoms with Crippen LogP contribution >= 0.6 is 0 Å². The monoisotopic (exact) mass is 482 g/mol. The fraction of sp³-hybridized carbons (Fsp3) is 0.750. The third-order valence-corrected chi connectivity index (χ3v) is 9.97. The zero-order chi connectivity index (χ0) is 23.6. The summed E-state index contributed by atoms with van der Waals surface area (Å²) in [5, 5.41) is 0. The maximum Gasteiger partial charge on any atom is 0.415 e. The van der Waals surface area contributed by atoms with E-state index in [0.29, 0.717) is 36.6 Å². The van der Waals surface area contributed by atoms with E-state index in [1.165, 1.54) is 37.7 Å². The summed E-state index contributed by atoms with van der Waals surface area (Å²) in [6.07, 6.45) is 11.6. The molecule has 1 aromatic rings. The van der Waals surface area contributed by atoms with Gasteiger partial charge in [0, 0.05) is 43.8 Å². The summed E-state index contributed by atoms with van der Waals surface area (Å²) in [5.74, 6) is 2.50. The molecule has 2 atom stereocenters. The van der Waals surface area contributed by atoms with Crippen LogP contribution in [0.4, 0.5) is 4.79 Å². The van der Waals surface area contributed by atoms with E-state index in [2.05, 4.69) is 12.1 Å². The standard InChI is InChI=1S/C28H38N2O5/c29-24-7-10-30(11-8-24)26(31)32-25-5-3-20(4-6-25)21-2-1-9-27(17-21)33-28(35-34-27)22-13-18-12-19(15-22)16-23(28)14-18/h3-6,18-19,21-24H,1-2,7-17,29H2/t18?,19?,21-,22?,23?,27-,28?/m1/s1. The molecule has 4 bridgehead atoms. The average molecular weight is 483 g/mol. The Hall–Kier alpha value is -1.67. The Morgan fingerprint density at radius 1 is 0.943 bits per heavy atom. The van der Waals surface area contributed by atoms with Gasteiger partial charge in [-0.3, -0.25) is 0 Å². The lowest BCUT2D eigenvalue weighted by molar-refractivity contribution is -0.390. The van der Waals surface area contributed by atoms with Crippen molar-refractivity contribution in [2.75, 3.05) is 13.1 Å². The third kappa shape index (κ3) is 3.90. The molecule has 7 heteroatoms. The fourth-order valence-corrected chi connectivity index (χ4v) is 8.32. The molecule has 0 aromatic heterocycles. The van der Waals surface area contributed by atoms with Crippen molar-refractivity contribution >= 4 is 6.09 Å². The van der Waals surface area contributed by atoms with Gasteiger partial charge in [0.1, 0.15) is 5.75 Å². The quantitative estimate of drug-likeness (QED) is 0.591. The van der Waals surface area contributed by atoms with Crippen molar-refractivity contribution in [1.29, 1.82) is 0 Å². The van der Waals surface area contributed by atoms with Crippen LogP contribution in [-0.4, -0.2) is 41.7 Å². The smallest absolute Gasteiger partial charge is 0.410 e. The van der Waals surface area contributed by atoms with Crippen LogP contribution in [0.3, 0.4) is 0 Å². The van der Waals surface area contributed by atoms with E-state index in [9.17, 15) is 4.79 Å². The van der Waals surface area contributed by atoms with E-state index in [0.717, 1.165) is 50.4 Å². The summed E-state index contributed by atoms with van der Waals surface area (Å²) in [4.78, 5) is 26.6. The second-order valence-corrected chi connectivity index (χ2v) is 12.3. The van der Waals surface area contributed by atoms with Gasteiger partial charge in [0.25, 0.3) is 0 Å². The first-order valence-electron chi connectivity index (χ1n) is 13.9. The molecule has 2 saturated heterocycles. The second-order valence-electron chi connectivity index (χ2n) is 12.3. The number of piperidine rings is 1. The van der Waals surface area contributed by atoms with E-state index in [1.807, 2.05) is 12.1 Å². The lowest BCUT2D eigenvalue weighted by Gasteiger charge is -2.57. The van der Waals surface area contributed by atoms with Crippen molar-refractivity contribution in [3.63, 3.8) is 0 Å². The van der Waals surface area contributed by atoms with Gasteiger partial charge in [-0.25, -0.2) is 4.79 Å². The van der Waals surface area contributed by atoms with Gasteiger partial charge in [0.15, 0.2) is 0 Å². The van der Waals surface area contributed by atoms with Crippen molar-refractivity contribution in [3.8, 4) is 5.75 Å². The topological polar surface area (TPSA) is 83.3 Å². The second kappa shape index (κ2) is 8.44. The molecule has 35 heavy (non-hydrogen) atoms. The highest BCUT2D eigenvalue weighted by atomic mass is 17.3. The molecule has 2 heterocycles. The minimum absolute atomic E-state index is 0.188. The summed E-state index contributed by atoms with van der Waals surface area (Å²) in [6, 6.07) is 8.19. The summed E-state index contributed by atoms with van der Waals surface area (Å²) >= 11 is 0. The lowest BCUT2D eigenvalue weighted by atomic mass is 9.53. The molecule has 7 nitrogen and oxygen atoms in total. The summed E-state index contributed by atoms with van der Waals surface area (Å²) in [5.41, 5.74) is 7.19. The number of rotatable bonds is 2. The molecule has 0 radical (unpaired) electrons. The number of carbonyl (C=O) groups is 1. The number of benzene rings is 1. The summed E-state index contributed by atoms with van der Waals surface area (Å²) in [6.45, 7) is 1.32. The first-order chi connectivity index (χ1) is 17.0. The molecule has 190 valence electrons. The number of hydrogen-bond acceptors (Lipinski definition) is 6. The molecular weight excluding hydrogens is 444 g/mol. The predicted molar refractivity (Wildman–Crippen MR) is 128 cm³/mol. The van der Waals surface area contributed by atoms with Gasteiger partial charge < -0.3 is 20.1 Å². The van der Waals surface area contributed by atoms with E-state index >= 15 is 0 Å². The van der Waals surface area contributed by atoms with Crippen molar-refractivity contribution in [3.05, 3.63) is 29.8 Å². The molecule has 8 rings (SSSR count). The summed E-state index contributed by atoms with van der Waals surface area (Å²) in [7, 11) is 0. The van der Waals surface area contributed by atoms with Crippen LogP contribution in [0.5, 0.6) is 5.75 Å². The highest BCUT2D eigenvalue weighted by molar-refractivity contribution is 5.70. The Labute approximate surface area is 207 Å². The molecular formula is C28H38N2O5. The Kier molecular flexibility index (Phi) is 5.43. The van der Waals surface area contributed by atoms with Gasteiger partial charge in [-0.2, -0.15) is 9.78 Å². The predicted octanol–water partition coefficient (Wildman–Crippen LogP) is 5.09. The maximum atomic E-state index is 12.5. The minimum Gasteiger partial charge on any atom is -0.410 e. The van der Waals surface area contributed by atoms with Gasteiger partial charge in [-0.05, 0) is 93.2 Å². The van der Waals surface area contributed by atoms with E-state index in [4.69, 9.17) is 25.0 Å². The van der Waals surface area contributed by atoms with Crippen molar-refractivity contribution in [2.45, 2.75) is 94.2 Å². The number of hydrogen-bond donors (Lipinski definition) is 1.